The minimum atomic E-state index is -0.310. The quantitative estimate of drug-likeness (QED) is 0.877. The van der Waals surface area contributed by atoms with E-state index in [1.54, 1.807) is 26.2 Å². The summed E-state index contributed by atoms with van der Waals surface area (Å²) in [7, 11) is 1.58. The van der Waals surface area contributed by atoms with Gasteiger partial charge in [0.15, 0.2) is 11.5 Å². The number of hydrogen-bond acceptors (Lipinski definition) is 5. The molecule has 1 unspecified atom stereocenters. The molecule has 0 radical (unpaired) electrons. The van der Waals surface area contributed by atoms with Gasteiger partial charge in [0.1, 0.15) is 5.82 Å². The van der Waals surface area contributed by atoms with Crippen LogP contribution in [0.3, 0.4) is 0 Å². The van der Waals surface area contributed by atoms with Crippen LogP contribution in [-0.2, 0) is 0 Å². The number of ether oxygens (including phenoxy) is 2. The van der Waals surface area contributed by atoms with Gasteiger partial charge in [-0.3, -0.25) is 4.79 Å². The highest BCUT2D eigenvalue weighted by molar-refractivity contribution is 5.61. The van der Waals surface area contributed by atoms with Crippen molar-refractivity contribution in [2.24, 2.45) is 5.73 Å². The molecule has 6 nitrogen and oxygen atoms in total. The van der Waals surface area contributed by atoms with E-state index in [-0.39, 0.29) is 11.6 Å². The summed E-state index contributed by atoms with van der Waals surface area (Å²) in [5.41, 5.74) is 6.84. The van der Waals surface area contributed by atoms with E-state index < -0.39 is 0 Å². The molecule has 1 aromatic carbocycles. The number of hydrogen-bond donors (Lipinski definition) is 2. The Morgan fingerprint density at radius 2 is 2.10 bits per heavy atom. The monoisotopic (exact) mass is 289 g/mol. The van der Waals surface area contributed by atoms with Crippen LogP contribution >= 0.6 is 0 Å². The topological polar surface area (TPSA) is 90.2 Å². The Morgan fingerprint density at radius 3 is 2.71 bits per heavy atom. The van der Waals surface area contributed by atoms with E-state index in [0.29, 0.717) is 29.6 Å². The van der Waals surface area contributed by atoms with E-state index in [0.717, 1.165) is 5.56 Å². The van der Waals surface area contributed by atoms with E-state index in [2.05, 4.69) is 9.97 Å². The number of H-pyrrole nitrogens is 1. The van der Waals surface area contributed by atoms with Crippen molar-refractivity contribution in [1.29, 1.82) is 0 Å². The number of aromatic amines is 1. The van der Waals surface area contributed by atoms with Gasteiger partial charge in [0.2, 0.25) is 0 Å². The summed E-state index contributed by atoms with van der Waals surface area (Å²) in [5.74, 6) is 1.69. The highest BCUT2D eigenvalue weighted by Crippen LogP contribution is 2.31. The van der Waals surface area contributed by atoms with Gasteiger partial charge in [-0.25, -0.2) is 4.98 Å². The summed E-state index contributed by atoms with van der Waals surface area (Å²) < 4.78 is 10.8. The lowest BCUT2D eigenvalue weighted by atomic mass is 10.1. The fourth-order valence-electron chi connectivity index (χ4n) is 1.94. The van der Waals surface area contributed by atoms with Crippen molar-refractivity contribution in [1.82, 2.24) is 9.97 Å². The first-order valence-electron chi connectivity index (χ1n) is 6.73. The first kappa shape index (κ1) is 15.1. The van der Waals surface area contributed by atoms with E-state index in [1.807, 2.05) is 13.0 Å². The second kappa shape index (κ2) is 6.41. The third-order valence-electron chi connectivity index (χ3n) is 2.96. The van der Waals surface area contributed by atoms with Crippen molar-refractivity contribution in [2.45, 2.75) is 19.9 Å². The van der Waals surface area contributed by atoms with E-state index in [1.165, 1.54) is 6.07 Å². The summed E-state index contributed by atoms with van der Waals surface area (Å²) in [5, 5.41) is 0. The summed E-state index contributed by atoms with van der Waals surface area (Å²) in [6.45, 7) is 4.19. The van der Waals surface area contributed by atoms with Gasteiger partial charge in [0.25, 0.3) is 5.56 Å². The number of nitrogens with zero attached hydrogens (tertiary/aromatic N) is 1. The molecule has 0 spiro atoms. The highest BCUT2D eigenvalue weighted by Gasteiger charge is 2.11. The average molecular weight is 289 g/mol. The van der Waals surface area contributed by atoms with Gasteiger partial charge in [0, 0.05) is 17.7 Å². The second-order valence-electron chi connectivity index (χ2n) is 4.61. The molecule has 0 amide bonds. The fourth-order valence-corrected chi connectivity index (χ4v) is 1.94. The minimum absolute atomic E-state index is 0.235. The molecule has 0 aliphatic heterocycles. The molecule has 1 heterocycles. The van der Waals surface area contributed by atoms with Gasteiger partial charge in [-0.2, -0.15) is 0 Å². The van der Waals surface area contributed by atoms with Crippen molar-refractivity contribution in [3.8, 4) is 22.9 Å². The molecule has 3 N–H and O–H groups in total. The van der Waals surface area contributed by atoms with Gasteiger partial charge >= 0.3 is 0 Å². The van der Waals surface area contributed by atoms with Crippen LogP contribution in [0.4, 0.5) is 0 Å². The maximum Gasteiger partial charge on any atom is 0.251 e. The lowest BCUT2D eigenvalue weighted by Crippen LogP contribution is -2.15. The number of aromatic nitrogens is 2. The third kappa shape index (κ3) is 3.41. The molecule has 0 aliphatic carbocycles. The molecule has 2 rings (SSSR count). The predicted octanol–water partition coefficient (Wildman–Crippen LogP) is 1.86. The summed E-state index contributed by atoms with van der Waals surface area (Å²) in [4.78, 5) is 18.8. The molecule has 0 saturated carbocycles. The molecule has 1 aromatic heterocycles. The molecule has 6 heteroatoms. The summed E-state index contributed by atoms with van der Waals surface area (Å²) in [6.07, 6.45) is 0. The maximum absolute atomic E-state index is 11.7. The van der Waals surface area contributed by atoms with Crippen molar-refractivity contribution in [2.75, 3.05) is 13.7 Å². The first-order chi connectivity index (χ1) is 10.0. The Morgan fingerprint density at radius 1 is 1.33 bits per heavy atom. The zero-order chi connectivity index (χ0) is 15.4. The fraction of sp³-hybridized carbons (Fsp3) is 0.333. The molecule has 112 valence electrons. The predicted molar refractivity (Wildman–Crippen MR) is 80.6 cm³/mol. The smallest absolute Gasteiger partial charge is 0.251 e. The number of benzene rings is 1. The molecule has 21 heavy (non-hydrogen) atoms. The Balaban J connectivity index is 2.51. The van der Waals surface area contributed by atoms with Crippen molar-refractivity contribution in [3.05, 3.63) is 40.3 Å². The van der Waals surface area contributed by atoms with Gasteiger partial charge < -0.3 is 20.2 Å². The Kier molecular flexibility index (Phi) is 4.59. The molecular formula is C15H19N3O3. The van der Waals surface area contributed by atoms with Crippen LogP contribution in [0.15, 0.2) is 29.1 Å². The van der Waals surface area contributed by atoms with Gasteiger partial charge in [-0.05, 0) is 32.0 Å². The van der Waals surface area contributed by atoms with Crippen LogP contribution in [-0.4, -0.2) is 23.7 Å². The first-order valence-corrected chi connectivity index (χ1v) is 6.73. The van der Waals surface area contributed by atoms with E-state index >= 15 is 0 Å². The van der Waals surface area contributed by atoms with Gasteiger partial charge in [-0.15, -0.1) is 0 Å². The lowest BCUT2D eigenvalue weighted by Gasteiger charge is -2.11. The van der Waals surface area contributed by atoms with E-state index in [9.17, 15) is 4.79 Å². The number of nitrogens with one attached hydrogen (secondary N) is 1. The second-order valence-corrected chi connectivity index (χ2v) is 4.61. The number of nitrogens with two attached hydrogens (primary N) is 1. The molecule has 2 aromatic rings. The maximum atomic E-state index is 11.7. The third-order valence-corrected chi connectivity index (χ3v) is 2.96. The van der Waals surface area contributed by atoms with Crippen LogP contribution in [0.25, 0.3) is 11.4 Å². The Bertz CT molecular complexity index is 680. The van der Waals surface area contributed by atoms with Crippen LogP contribution in [0.5, 0.6) is 11.5 Å². The zero-order valence-corrected chi connectivity index (χ0v) is 12.3. The SMILES string of the molecule is CCOc1cc(-c2nc(C(C)N)cc(=O)[nH]2)ccc1OC. The summed E-state index contributed by atoms with van der Waals surface area (Å²) in [6, 6.07) is 6.46. The minimum Gasteiger partial charge on any atom is -0.493 e. The lowest BCUT2D eigenvalue weighted by molar-refractivity contribution is 0.311. The largest absolute Gasteiger partial charge is 0.493 e. The number of methoxy groups -OCH3 is 1. The van der Waals surface area contributed by atoms with Gasteiger partial charge in [0.05, 0.1) is 19.4 Å². The summed E-state index contributed by atoms with van der Waals surface area (Å²) >= 11 is 0. The molecule has 0 aliphatic rings. The van der Waals surface area contributed by atoms with Crippen molar-refractivity contribution in [3.63, 3.8) is 0 Å². The van der Waals surface area contributed by atoms with Crippen LogP contribution in [0, 0.1) is 0 Å². The molecular weight excluding hydrogens is 270 g/mol. The van der Waals surface area contributed by atoms with Crippen LogP contribution < -0.4 is 20.8 Å². The highest BCUT2D eigenvalue weighted by atomic mass is 16.5. The normalized spacial score (nSPS) is 12.0. The molecule has 0 saturated heterocycles. The molecule has 1 atom stereocenters. The molecule has 0 bridgehead atoms. The molecule has 0 fully saturated rings. The van der Waals surface area contributed by atoms with E-state index in [4.69, 9.17) is 15.2 Å². The average Bonchev–Trinajstić information content (AvgIpc) is 2.47. The van der Waals surface area contributed by atoms with Crippen LogP contribution in [0.1, 0.15) is 25.6 Å². The Hall–Kier alpha value is -2.34. The van der Waals surface area contributed by atoms with Crippen molar-refractivity contribution >= 4 is 0 Å². The zero-order valence-electron chi connectivity index (χ0n) is 12.3. The Labute approximate surface area is 122 Å². The van der Waals surface area contributed by atoms with Gasteiger partial charge in [-0.1, -0.05) is 0 Å². The standard InChI is InChI=1S/C15H19N3O3/c1-4-21-13-7-10(5-6-12(13)20-3)15-17-11(9(2)16)8-14(19)18-15/h5-9H,4,16H2,1-3H3,(H,17,18,19). The van der Waals surface area contributed by atoms with Crippen molar-refractivity contribution < 1.29 is 9.47 Å². The number of rotatable bonds is 5. The van der Waals surface area contributed by atoms with Crippen LogP contribution in [0.2, 0.25) is 0 Å².